The molecule has 0 N–H and O–H groups in total. The van der Waals surface area contributed by atoms with Crippen molar-refractivity contribution in [2.45, 2.75) is 0 Å². The molecule has 0 aliphatic carbocycles. The maximum atomic E-state index is 5.82. The second kappa shape index (κ2) is 5.15. The Balaban J connectivity index is 1.95. The minimum Gasteiger partial charge on any atom is -0.0961 e. The lowest BCUT2D eigenvalue weighted by Gasteiger charge is -2.05. The summed E-state index contributed by atoms with van der Waals surface area (Å²) < 4.78 is 0. The van der Waals surface area contributed by atoms with Crippen molar-refractivity contribution in [3.63, 3.8) is 0 Å². The Morgan fingerprint density at radius 1 is 0.474 bits per heavy atom. The molecule has 0 unspecified atom stereocenters. The van der Waals surface area contributed by atoms with Gasteiger partial charge in [-0.2, -0.15) is 0 Å². The summed E-state index contributed by atoms with van der Waals surface area (Å²) in [5.74, 6) is 0. The molecule has 0 aromatic heterocycles. The third-order valence-electron chi connectivity index (χ3n) is 3.21. The lowest BCUT2D eigenvalue weighted by molar-refractivity contribution is 1.60. The van der Waals surface area contributed by atoms with Crippen molar-refractivity contribution in [2.75, 3.05) is 0 Å². The van der Waals surface area contributed by atoms with Crippen molar-refractivity contribution < 1.29 is 0 Å². The van der Waals surface area contributed by atoms with Crippen LogP contribution in [0, 0.1) is 0 Å². The maximum Gasteiger partial charge on any atom is 0.113 e. The van der Waals surface area contributed by atoms with Crippen LogP contribution in [0.1, 0.15) is 0 Å². The van der Waals surface area contributed by atoms with Gasteiger partial charge in [-0.15, -0.1) is 0 Å². The van der Waals surface area contributed by atoms with E-state index in [1.54, 1.807) is 0 Å². The van der Waals surface area contributed by atoms with Gasteiger partial charge in [0.15, 0.2) is 0 Å². The molecule has 0 bridgehead atoms. The molecule has 0 nitrogen and oxygen atoms in total. The van der Waals surface area contributed by atoms with Gasteiger partial charge in [0.1, 0.15) is 7.85 Å². The molecule has 1 heteroatoms. The van der Waals surface area contributed by atoms with E-state index < -0.39 is 0 Å². The second-order valence-corrected chi connectivity index (χ2v) is 4.57. The first-order valence-electron chi connectivity index (χ1n) is 6.34. The van der Waals surface area contributed by atoms with Crippen LogP contribution < -0.4 is 5.46 Å². The molecule has 3 rings (SSSR count). The average Bonchev–Trinajstić information content (AvgIpc) is 2.48. The van der Waals surface area contributed by atoms with E-state index in [2.05, 4.69) is 54.6 Å². The summed E-state index contributed by atoms with van der Waals surface area (Å²) in [6.07, 6.45) is 0. The molecule has 0 heterocycles. The Hall–Kier alpha value is -2.28. The summed E-state index contributed by atoms with van der Waals surface area (Å²) >= 11 is 0. The standard InChI is InChI=1S/C18H13B/c19-18-8-4-7-17(13-18)16-11-9-15(10-12-16)14-5-2-1-3-6-14/h1-13H. The van der Waals surface area contributed by atoms with Crippen molar-refractivity contribution in [2.24, 2.45) is 0 Å². The minimum absolute atomic E-state index is 0.796. The smallest absolute Gasteiger partial charge is 0.0961 e. The van der Waals surface area contributed by atoms with Gasteiger partial charge in [0, 0.05) is 0 Å². The van der Waals surface area contributed by atoms with Gasteiger partial charge in [-0.1, -0.05) is 84.3 Å². The van der Waals surface area contributed by atoms with Gasteiger partial charge >= 0.3 is 0 Å². The SMILES string of the molecule is [B]c1cccc(-c2ccc(-c3ccccc3)cc2)c1. The third-order valence-corrected chi connectivity index (χ3v) is 3.21. The molecule has 0 fully saturated rings. The number of rotatable bonds is 2. The van der Waals surface area contributed by atoms with Gasteiger partial charge in [0.2, 0.25) is 0 Å². The molecule has 0 aliphatic heterocycles. The van der Waals surface area contributed by atoms with Crippen LogP contribution in [-0.4, -0.2) is 7.85 Å². The fourth-order valence-corrected chi connectivity index (χ4v) is 2.20. The predicted molar refractivity (Wildman–Crippen MR) is 82.7 cm³/mol. The number of hydrogen-bond acceptors (Lipinski definition) is 0. The summed E-state index contributed by atoms with van der Waals surface area (Å²) in [6, 6.07) is 26.9. The molecule has 0 saturated heterocycles. The highest BCUT2D eigenvalue weighted by Crippen LogP contribution is 2.24. The number of hydrogen-bond donors (Lipinski definition) is 0. The van der Waals surface area contributed by atoms with Crippen LogP contribution in [-0.2, 0) is 0 Å². The van der Waals surface area contributed by atoms with Crippen LogP contribution in [0.15, 0.2) is 78.9 Å². The predicted octanol–water partition coefficient (Wildman–Crippen LogP) is 3.81. The quantitative estimate of drug-likeness (QED) is 0.597. The van der Waals surface area contributed by atoms with E-state index >= 15 is 0 Å². The Labute approximate surface area is 115 Å². The highest BCUT2D eigenvalue weighted by molar-refractivity contribution is 6.32. The van der Waals surface area contributed by atoms with E-state index in [9.17, 15) is 0 Å². The zero-order valence-corrected chi connectivity index (χ0v) is 10.6. The van der Waals surface area contributed by atoms with Gasteiger partial charge in [0.05, 0.1) is 0 Å². The second-order valence-electron chi connectivity index (χ2n) is 4.57. The first kappa shape index (κ1) is 11.8. The summed E-state index contributed by atoms with van der Waals surface area (Å²) in [5.41, 5.74) is 5.60. The topological polar surface area (TPSA) is 0 Å². The van der Waals surface area contributed by atoms with E-state index in [4.69, 9.17) is 7.85 Å². The van der Waals surface area contributed by atoms with Crippen LogP contribution in [0.2, 0.25) is 0 Å². The van der Waals surface area contributed by atoms with Gasteiger partial charge < -0.3 is 0 Å². The third kappa shape index (κ3) is 2.60. The molecule has 0 saturated carbocycles. The molecule has 0 atom stereocenters. The molecule has 2 radical (unpaired) electrons. The van der Waals surface area contributed by atoms with Crippen molar-refractivity contribution in [1.82, 2.24) is 0 Å². The Morgan fingerprint density at radius 2 is 1.00 bits per heavy atom. The summed E-state index contributed by atoms with van der Waals surface area (Å²) in [4.78, 5) is 0. The summed E-state index contributed by atoms with van der Waals surface area (Å²) in [7, 11) is 5.82. The molecular weight excluding hydrogens is 227 g/mol. The normalized spacial score (nSPS) is 10.3. The lowest BCUT2D eigenvalue weighted by atomic mass is 9.92. The van der Waals surface area contributed by atoms with E-state index in [1.807, 2.05) is 24.3 Å². The van der Waals surface area contributed by atoms with Crippen LogP contribution in [0.25, 0.3) is 22.3 Å². The van der Waals surface area contributed by atoms with Crippen LogP contribution in [0.4, 0.5) is 0 Å². The molecular formula is C18H13B. The first-order chi connectivity index (χ1) is 9.33. The van der Waals surface area contributed by atoms with Crippen LogP contribution in [0.3, 0.4) is 0 Å². The zero-order chi connectivity index (χ0) is 13.1. The molecule has 3 aromatic carbocycles. The molecule has 19 heavy (non-hydrogen) atoms. The summed E-state index contributed by atoms with van der Waals surface area (Å²) in [5, 5.41) is 0. The van der Waals surface area contributed by atoms with E-state index in [-0.39, 0.29) is 0 Å². The van der Waals surface area contributed by atoms with E-state index in [1.165, 1.54) is 16.7 Å². The highest BCUT2D eigenvalue weighted by Gasteiger charge is 1.99. The summed E-state index contributed by atoms with van der Waals surface area (Å²) in [6.45, 7) is 0. The van der Waals surface area contributed by atoms with Crippen molar-refractivity contribution in [3.8, 4) is 22.3 Å². The maximum absolute atomic E-state index is 5.82. The average molecular weight is 240 g/mol. The Bertz CT molecular complexity index is 670. The van der Waals surface area contributed by atoms with Gasteiger partial charge in [0.25, 0.3) is 0 Å². The zero-order valence-electron chi connectivity index (χ0n) is 10.6. The molecule has 0 spiro atoms. The minimum atomic E-state index is 0.796. The van der Waals surface area contributed by atoms with E-state index in [0.29, 0.717) is 0 Å². The van der Waals surface area contributed by atoms with Gasteiger partial charge in [-0.25, -0.2) is 0 Å². The Kier molecular flexibility index (Phi) is 3.20. The number of benzene rings is 3. The van der Waals surface area contributed by atoms with Crippen LogP contribution >= 0.6 is 0 Å². The highest BCUT2D eigenvalue weighted by atomic mass is 14.0. The molecule has 3 aromatic rings. The van der Waals surface area contributed by atoms with Gasteiger partial charge in [-0.05, 0) is 22.3 Å². The monoisotopic (exact) mass is 240 g/mol. The first-order valence-corrected chi connectivity index (χ1v) is 6.34. The van der Waals surface area contributed by atoms with Gasteiger partial charge in [-0.3, -0.25) is 0 Å². The largest absolute Gasteiger partial charge is 0.113 e. The van der Waals surface area contributed by atoms with Crippen LogP contribution in [0.5, 0.6) is 0 Å². The molecule has 0 amide bonds. The van der Waals surface area contributed by atoms with Crippen molar-refractivity contribution >= 4 is 13.3 Å². The van der Waals surface area contributed by atoms with E-state index in [0.717, 1.165) is 11.0 Å². The Morgan fingerprint density at radius 3 is 1.63 bits per heavy atom. The van der Waals surface area contributed by atoms with Crippen molar-refractivity contribution in [1.29, 1.82) is 0 Å². The molecule has 88 valence electrons. The van der Waals surface area contributed by atoms with Crippen molar-refractivity contribution in [3.05, 3.63) is 78.9 Å². The molecule has 0 aliphatic rings. The fraction of sp³-hybridized carbons (Fsp3) is 0. The lowest BCUT2D eigenvalue weighted by Crippen LogP contribution is -2.00. The fourth-order valence-electron chi connectivity index (χ4n) is 2.20.